The lowest BCUT2D eigenvalue weighted by molar-refractivity contribution is -0.122. The highest BCUT2D eigenvalue weighted by molar-refractivity contribution is 7.10. The predicted octanol–water partition coefficient (Wildman–Crippen LogP) is 3.74. The van der Waals surface area contributed by atoms with Gasteiger partial charge in [0.15, 0.2) is 11.7 Å². The standard InChI is InChI=1S/C23H27N5O3S2/c1-13(2)9-10-26-22(30)19(16-8-5-11-32-16)28(15-7-4-6-14(3)12-15)23(31)20-17(24)18(21(25)29)27-33-20/h4-8,11-13,19H,9-10,24H2,1-3H3,(H2,25,29)(H,26,30). The molecule has 1 atom stereocenters. The maximum atomic E-state index is 13.8. The van der Waals surface area contributed by atoms with E-state index >= 15 is 0 Å². The largest absolute Gasteiger partial charge is 0.395 e. The number of aromatic nitrogens is 1. The summed E-state index contributed by atoms with van der Waals surface area (Å²) in [6, 6.07) is 10.0. The van der Waals surface area contributed by atoms with Crippen LogP contribution in [0.1, 0.15) is 56.9 Å². The van der Waals surface area contributed by atoms with Crippen molar-refractivity contribution in [3.05, 3.63) is 62.8 Å². The third-order valence-corrected chi connectivity index (χ3v) is 6.77. The minimum Gasteiger partial charge on any atom is -0.395 e. The maximum absolute atomic E-state index is 13.8. The summed E-state index contributed by atoms with van der Waals surface area (Å²) in [6.07, 6.45) is 0.811. The van der Waals surface area contributed by atoms with Gasteiger partial charge in [0, 0.05) is 17.1 Å². The molecule has 3 aromatic rings. The molecule has 0 bridgehead atoms. The predicted molar refractivity (Wildman–Crippen MR) is 133 cm³/mol. The van der Waals surface area contributed by atoms with Gasteiger partial charge in [0.25, 0.3) is 11.8 Å². The number of thiophene rings is 1. The number of nitrogens with one attached hydrogen (secondary N) is 1. The summed E-state index contributed by atoms with van der Waals surface area (Å²) in [5.41, 5.74) is 12.6. The average molecular weight is 486 g/mol. The van der Waals surface area contributed by atoms with Gasteiger partial charge in [-0.05, 0) is 59.9 Å². The quantitative estimate of drug-likeness (QED) is 0.425. The van der Waals surface area contributed by atoms with Crippen molar-refractivity contribution in [2.75, 3.05) is 17.2 Å². The first kappa shape index (κ1) is 24.4. The van der Waals surface area contributed by atoms with E-state index in [1.807, 2.05) is 42.6 Å². The van der Waals surface area contributed by atoms with Crippen LogP contribution >= 0.6 is 22.9 Å². The second-order valence-corrected chi connectivity index (χ2v) is 9.80. The number of nitrogens with two attached hydrogens (primary N) is 2. The van der Waals surface area contributed by atoms with E-state index < -0.39 is 17.9 Å². The normalized spacial score (nSPS) is 11.9. The topological polar surface area (TPSA) is 131 Å². The van der Waals surface area contributed by atoms with Crippen molar-refractivity contribution in [1.82, 2.24) is 9.69 Å². The van der Waals surface area contributed by atoms with Gasteiger partial charge < -0.3 is 16.8 Å². The van der Waals surface area contributed by atoms with Crippen molar-refractivity contribution < 1.29 is 14.4 Å². The highest BCUT2D eigenvalue weighted by Gasteiger charge is 2.36. The summed E-state index contributed by atoms with van der Waals surface area (Å²) in [6.45, 7) is 6.55. The van der Waals surface area contributed by atoms with Gasteiger partial charge in [-0.25, -0.2) is 0 Å². The van der Waals surface area contributed by atoms with Gasteiger partial charge in [-0.3, -0.25) is 19.3 Å². The van der Waals surface area contributed by atoms with Crippen LogP contribution in [0.15, 0.2) is 41.8 Å². The van der Waals surface area contributed by atoms with Crippen LogP contribution in [0.25, 0.3) is 0 Å². The average Bonchev–Trinajstić information content (AvgIpc) is 3.40. The Morgan fingerprint density at radius 2 is 1.94 bits per heavy atom. The Morgan fingerprint density at radius 1 is 1.18 bits per heavy atom. The van der Waals surface area contributed by atoms with Gasteiger partial charge in [0.05, 0.1) is 5.69 Å². The van der Waals surface area contributed by atoms with Crippen LogP contribution in [0.4, 0.5) is 11.4 Å². The molecule has 0 aliphatic heterocycles. The summed E-state index contributed by atoms with van der Waals surface area (Å²) in [7, 11) is 0. The molecule has 0 saturated heterocycles. The van der Waals surface area contributed by atoms with E-state index in [4.69, 9.17) is 11.5 Å². The molecule has 3 amide bonds. The van der Waals surface area contributed by atoms with Crippen LogP contribution in [0.2, 0.25) is 0 Å². The van der Waals surface area contributed by atoms with E-state index in [1.54, 1.807) is 6.07 Å². The van der Waals surface area contributed by atoms with E-state index in [2.05, 4.69) is 23.5 Å². The summed E-state index contributed by atoms with van der Waals surface area (Å²) in [5, 5.41) is 4.82. The molecule has 1 unspecified atom stereocenters. The number of hydrogen-bond donors (Lipinski definition) is 3. The van der Waals surface area contributed by atoms with Crippen LogP contribution in [-0.4, -0.2) is 28.6 Å². The smallest absolute Gasteiger partial charge is 0.273 e. The number of amides is 3. The van der Waals surface area contributed by atoms with Crippen LogP contribution in [0, 0.1) is 12.8 Å². The molecule has 0 aliphatic rings. The first-order valence-corrected chi connectivity index (χ1v) is 12.1. The molecule has 0 radical (unpaired) electrons. The third kappa shape index (κ3) is 5.58. The first-order chi connectivity index (χ1) is 15.7. The van der Waals surface area contributed by atoms with Gasteiger partial charge in [-0.15, -0.1) is 11.3 Å². The van der Waals surface area contributed by atoms with Crippen molar-refractivity contribution in [3.63, 3.8) is 0 Å². The molecule has 10 heteroatoms. The lowest BCUT2D eigenvalue weighted by Gasteiger charge is -2.30. The summed E-state index contributed by atoms with van der Waals surface area (Å²) in [5.74, 6) is -1.22. The van der Waals surface area contributed by atoms with Crippen LogP contribution in [-0.2, 0) is 4.79 Å². The molecular weight excluding hydrogens is 458 g/mol. The number of hydrogen-bond acceptors (Lipinski definition) is 7. The number of anilines is 2. The van der Waals surface area contributed by atoms with Gasteiger partial charge in [-0.2, -0.15) is 4.37 Å². The molecule has 1 aromatic carbocycles. The minimum absolute atomic E-state index is 0.0573. The van der Waals surface area contributed by atoms with E-state index in [1.165, 1.54) is 16.2 Å². The van der Waals surface area contributed by atoms with E-state index in [-0.39, 0.29) is 22.2 Å². The number of benzene rings is 1. The van der Waals surface area contributed by atoms with Crippen LogP contribution in [0.3, 0.4) is 0 Å². The monoisotopic (exact) mass is 485 g/mol. The molecule has 8 nitrogen and oxygen atoms in total. The van der Waals surface area contributed by atoms with E-state index in [9.17, 15) is 14.4 Å². The lowest BCUT2D eigenvalue weighted by Crippen LogP contribution is -2.44. The van der Waals surface area contributed by atoms with Crippen molar-refractivity contribution >= 4 is 52.0 Å². The fraction of sp³-hybridized carbons (Fsp3) is 0.304. The van der Waals surface area contributed by atoms with Crippen LogP contribution in [0.5, 0.6) is 0 Å². The zero-order chi connectivity index (χ0) is 24.1. The molecule has 2 aromatic heterocycles. The second kappa shape index (κ2) is 10.6. The van der Waals surface area contributed by atoms with Crippen molar-refractivity contribution in [3.8, 4) is 0 Å². The number of nitrogen functional groups attached to an aromatic ring is 1. The summed E-state index contributed by atoms with van der Waals surface area (Å²) < 4.78 is 3.96. The number of carbonyl (C=O) groups is 3. The maximum Gasteiger partial charge on any atom is 0.273 e. The molecule has 3 rings (SSSR count). The Balaban J connectivity index is 2.10. The number of rotatable bonds is 9. The van der Waals surface area contributed by atoms with Gasteiger partial charge in [-0.1, -0.05) is 32.0 Å². The molecule has 0 spiro atoms. The molecule has 2 heterocycles. The van der Waals surface area contributed by atoms with Crippen molar-refractivity contribution in [2.24, 2.45) is 11.7 Å². The second-order valence-electron chi connectivity index (χ2n) is 8.04. The molecule has 5 N–H and O–H groups in total. The summed E-state index contributed by atoms with van der Waals surface area (Å²) in [4.78, 5) is 41.1. The number of carbonyl (C=O) groups excluding carboxylic acids is 3. The number of aryl methyl sites for hydroxylation is 1. The molecule has 174 valence electrons. The Morgan fingerprint density at radius 3 is 2.52 bits per heavy atom. The van der Waals surface area contributed by atoms with Crippen molar-refractivity contribution in [1.29, 1.82) is 0 Å². The Bertz CT molecular complexity index is 1140. The third-order valence-electron chi connectivity index (χ3n) is 4.99. The SMILES string of the molecule is Cc1cccc(N(C(=O)c2snc(C(N)=O)c2N)C(C(=O)NCCC(C)C)c2cccs2)c1. The molecule has 0 fully saturated rings. The fourth-order valence-corrected chi connectivity index (χ4v) is 4.86. The van der Waals surface area contributed by atoms with E-state index in [0.717, 1.165) is 23.5 Å². The van der Waals surface area contributed by atoms with E-state index in [0.29, 0.717) is 23.0 Å². The molecule has 0 saturated carbocycles. The molecule has 0 aliphatic carbocycles. The minimum atomic E-state index is -0.926. The highest BCUT2D eigenvalue weighted by atomic mass is 32.1. The highest BCUT2D eigenvalue weighted by Crippen LogP contribution is 2.35. The zero-order valence-corrected chi connectivity index (χ0v) is 20.3. The van der Waals surface area contributed by atoms with Gasteiger partial charge in [0.1, 0.15) is 4.88 Å². The molecule has 33 heavy (non-hydrogen) atoms. The molecular formula is C23H27N5O3S2. The Kier molecular flexibility index (Phi) is 7.83. The Hall–Kier alpha value is -3.24. The fourth-order valence-electron chi connectivity index (χ4n) is 3.30. The van der Waals surface area contributed by atoms with Gasteiger partial charge in [0.2, 0.25) is 5.91 Å². The van der Waals surface area contributed by atoms with Crippen LogP contribution < -0.4 is 21.7 Å². The Labute approximate surface area is 200 Å². The summed E-state index contributed by atoms with van der Waals surface area (Å²) >= 11 is 2.17. The number of primary amides is 1. The first-order valence-electron chi connectivity index (χ1n) is 10.5. The zero-order valence-electron chi connectivity index (χ0n) is 18.7. The van der Waals surface area contributed by atoms with Crippen molar-refractivity contribution in [2.45, 2.75) is 33.2 Å². The van der Waals surface area contributed by atoms with Gasteiger partial charge >= 0.3 is 0 Å². The lowest BCUT2D eigenvalue weighted by atomic mass is 10.1. The number of nitrogens with zero attached hydrogens (tertiary/aromatic N) is 2.